The van der Waals surface area contributed by atoms with Gasteiger partial charge in [-0.25, -0.2) is 13.3 Å². The molecular formula is C18H23N5O2S. The van der Waals surface area contributed by atoms with E-state index in [9.17, 15) is 9.00 Å². The van der Waals surface area contributed by atoms with Crippen molar-refractivity contribution < 1.29 is 9.00 Å². The molecule has 2 aromatic rings. The molecule has 3 heterocycles. The van der Waals surface area contributed by atoms with Crippen LogP contribution in [0.1, 0.15) is 29.9 Å². The van der Waals surface area contributed by atoms with Crippen molar-refractivity contribution in [2.24, 2.45) is 17.3 Å². The lowest BCUT2D eigenvalue weighted by Crippen LogP contribution is -2.36. The van der Waals surface area contributed by atoms with E-state index < -0.39 is 9.92 Å². The van der Waals surface area contributed by atoms with Crippen LogP contribution in [0.2, 0.25) is 0 Å². The number of fused-ring (bicyclic) bond motifs is 1. The first-order valence-electron chi connectivity index (χ1n) is 8.37. The van der Waals surface area contributed by atoms with E-state index in [2.05, 4.69) is 19.4 Å². The molecule has 0 spiro atoms. The molecule has 7 nitrogen and oxygen atoms in total. The van der Waals surface area contributed by atoms with Crippen LogP contribution < -0.4 is 10.0 Å². The van der Waals surface area contributed by atoms with Gasteiger partial charge in [-0.05, 0) is 18.1 Å². The Balaban J connectivity index is 2.09. The summed E-state index contributed by atoms with van der Waals surface area (Å²) in [6.45, 7) is 4.09. The summed E-state index contributed by atoms with van der Waals surface area (Å²) in [4.78, 5) is 17.3. The van der Waals surface area contributed by atoms with Crippen LogP contribution in [0, 0.1) is 5.92 Å². The average molecular weight is 373 g/mol. The maximum atomic E-state index is 13.4. The number of amides is 1. The van der Waals surface area contributed by atoms with Crippen LogP contribution in [0.15, 0.2) is 46.1 Å². The number of hydrogen-bond donors (Lipinski definition) is 2. The normalized spacial score (nSPS) is 22.0. The number of nitrogens with zero attached hydrogens (tertiary/aromatic N) is 3. The Kier molecular flexibility index (Phi) is 4.97. The molecule has 1 aliphatic rings. The fraction of sp³-hybridized carbons (Fsp3) is 0.333. The van der Waals surface area contributed by atoms with Crippen molar-refractivity contribution in [3.63, 3.8) is 0 Å². The molecule has 2 aromatic heterocycles. The van der Waals surface area contributed by atoms with Gasteiger partial charge in [0.2, 0.25) is 0 Å². The first-order valence-corrected chi connectivity index (χ1v) is 9.88. The largest absolute Gasteiger partial charge is 0.345 e. The quantitative estimate of drug-likeness (QED) is 0.867. The molecule has 0 aromatic carbocycles. The molecule has 8 heteroatoms. The van der Waals surface area contributed by atoms with Crippen molar-refractivity contribution in [1.82, 2.24) is 14.3 Å². The molecule has 0 aliphatic carbocycles. The van der Waals surface area contributed by atoms with Crippen molar-refractivity contribution >= 4 is 27.6 Å². The number of anilines is 1. The van der Waals surface area contributed by atoms with Gasteiger partial charge in [-0.15, -0.1) is 0 Å². The molecule has 0 fully saturated rings. The number of pyridine rings is 1. The second-order valence-corrected chi connectivity index (χ2v) is 8.60. The molecule has 2 atom stereocenters. The SMILES string of the molecule is CN=S1(=O)NC(C(C)C)C=Cc2c1cn(C)c2C(=O)Nc1ccncc1. The Morgan fingerprint density at radius 2 is 2.08 bits per heavy atom. The Hall–Kier alpha value is -2.45. The number of carbonyl (C=O) groups excluding carboxylic acids is 1. The molecule has 26 heavy (non-hydrogen) atoms. The second-order valence-electron chi connectivity index (χ2n) is 6.51. The summed E-state index contributed by atoms with van der Waals surface area (Å²) < 4.78 is 22.4. The van der Waals surface area contributed by atoms with Crippen LogP contribution in [0.25, 0.3) is 6.08 Å². The van der Waals surface area contributed by atoms with E-state index in [-0.39, 0.29) is 17.9 Å². The monoisotopic (exact) mass is 373 g/mol. The molecule has 3 rings (SSSR count). The molecule has 0 radical (unpaired) electrons. The van der Waals surface area contributed by atoms with Gasteiger partial charge in [-0.2, -0.15) is 0 Å². The molecule has 0 bridgehead atoms. The highest BCUT2D eigenvalue weighted by Crippen LogP contribution is 2.29. The van der Waals surface area contributed by atoms with Gasteiger partial charge < -0.3 is 9.88 Å². The summed E-state index contributed by atoms with van der Waals surface area (Å²) in [5.41, 5.74) is 1.72. The highest BCUT2D eigenvalue weighted by atomic mass is 32.2. The maximum Gasteiger partial charge on any atom is 0.272 e. The summed E-state index contributed by atoms with van der Waals surface area (Å²) in [7, 11) is 0.472. The molecule has 2 N–H and O–H groups in total. The molecule has 2 unspecified atom stereocenters. The minimum absolute atomic E-state index is 0.0972. The Morgan fingerprint density at radius 3 is 2.69 bits per heavy atom. The van der Waals surface area contributed by atoms with Gasteiger partial charge >= 0.3 is 0 Å². The molecular weight excluding hydrogens is 350 g/mol. The standard InChI is InChI=1S/C18H23N5O2S/c1-12(2)15-6-5-14-16(26(25,19-3)22-15)11-23(4)17(14)18(24)21-13-7-9-20-10-8-13/h5-12,15H,1-4H3,(H,19,22,25)(H,20,21,24). The van der Waals surface area contributed by atoms with Crippen molar-refractivity contribution in [1.29, 1.82) is 0 Å². The van der Waals surface area contributed by atoms with Gasteiger partial charge in [0, 0.05) is 50.0 Å². The van der Waals surface area contributed by atoms with Gasteiger partial charge in [0.05, 0.1) is 4.90 Å². The van der Waals surface area contributed by atoms with E-state index >= 15 is 0 Å². The summed E-state index contributed by atoms with van der Waals surface area (Å²) >= 11 is 0. The molecule has 1 amide bonds. The molecule has 0 saturated carbocycles. The predicted molar refractivity (Wildman–Crippen MR) is 103 cm³/mol. The van der Waals surface area contributed by atoms with Crippen LogP contribution in [-0.4, -0.2) is 32.8 Å². The van der Waals surface area contributed by atoms with E-state index in [1.165, 1.54) is 7.05 Å². The molecule has 0 saturated heterocycles. The Bertz CT molecular complexity index is 969. The van der Waals surface area contributed by atoms with Gasteiger partial charge in [-0.3, -0.25) is 9.78 Å². The zero-order valence-electron chi connectivity index (χ0n) is 15.3. The van der Waals surface area contributed by atoms with Crippen molar-refractivity contribution in [3.8, 4) is 0 Å². The van der Waals surface area contributed by atoms with Crippen molar-refractivity contribution in [2.75, 3.05) is 12.4 Å². The predicted octanol–water partition coefficient (Wildman–Crippen LogP) is 2.69. The topological polar surface area (TPSA) is 88.4 Å². The summed E-state index contributed by atoms with van der Waals surface area (Å²) in [6.07, 6.45) is 8.75. The smallest absolute Gasteiger partial charge is 0.272 e. The van der Waals surface area contributed by atoms with E-state index in [0.717, 1.165) is 0 Å². The summed E-state index contributed by atoms with van der Waals surface area (Å²) in [6, 6.07) is 3.34. The minimum Gasteiger partial charge on any atom is -0.345 e. The van der Waals surface area contributed by atoms with Crippen LogP contribution in [0.4, 0.5) is 5.69 Å². The van der Waals surface area contributed by atoms with Crippen LogP contribution in [0.3, 0.4) is 0 Å². The fourth-order valence-corrected chi connectivity index (χ4v) is 4.82. The Morgan fingerprint density at radius 1 is 1.38 bits per heavy atom. The van der Waals surface area contributed by atoms with E-state index in [0.29, 0.717) is 21.8 Å². The lowest BCUT2D eigenvalue weighted by atomic mass is 10.0. The van der Waals surface area contributed by atoms with E-state index in [1.54, 1.807) is 42.3 Å². The lowest BCUT2D eigenvalue weighted by molar-refractivity contribution is 0.101. The second kappa shape index (κ2) is 7.05. The average Bonchev–Trinajstić information content (AvgIpc) is 2.88. The number of aromatic nitrogens is 2. The first-order chi connectivity index (χ1) is 12.4. The summed E-state index contributed by atoms with van der Waals surface area (Å²) in [5.74, 6) is -0.0360. The third kappa shape index (κ3) is 3.30. The number of aryl methyl sites for hydroxylation is 1. The number of nitrogens with one attached hydrogen (secondary N) is 2. The first kappa shape index (κ1) is 18.3. The fourth-order valence-electron chi connectivity index (χ4n) is 2.90. The highest BCUT2D eigenvalue weighted by Gasteiger charge is 2.29. The lowest BCUT2D eigenvalue weighted by Gasteiger charge is -2.19. The van der Waals surface area contributed by atoms with Gasteiger partial charge in [-0.1, -0.05) is 26.0 Å². The maximum absolute atomic E-state index is 13.4. The van der Waals surface area contributed by atoms with E-state index in [1.807, 2.05) is 26.0 Å². The van der Waals surface area contributed by atoms with Crippen molar-refractivity contribution in [2.45, 2.75) is 24.8 Å². The molecule has 1 aliphatic heterocycles. The van der Waals surface area contributed by atoms with Gasteiger partial charge in [0.25, 0.3) is 5.91 Å². The third-order valence-electron chi connectivity index (χ3n) is 4.38. The van der Waals surface area contributed by atoms with Crippen molar-refractivity contribution in [3.05, 3.63) is 48.1 Å². The summed E-state index contributed by atoms with van der Waals surface area (Å²) in [5, 5.41) is 2.86. The van der Waals surface area contributed by atoms with Gasteiger partial charge in [0.1, 0.15) is 15.6 Å². The zero-order chi connectivity index (χ0) is 18.9. The molecule has 138 valence electrons. The number of carbonyl (C=O) groups is 1. The zero-order valence-corrected chi connectivity index (χ0v) is 16.1. The van der Waals surface area contributed by atoms with Crippen LogP contribution in [-0.2, 0) is 17.0 Å². The third-order valence-corrected chi connectivity index (χ3v) is 6.40. The number of rotatable bonds is 3. The highest BCUT2D eigenvalue weighted by molar-refractivity contribution is 7.91. The van der Waals surface area contributed by atoms with Crippen LogP contribution in [0.5, 0.6) is 0 Å². The van der Waals surface area contributed by atoms with Gasteiger partial charge in [0.15, 0.2) is 0 Å². The Labute approximate surface area is 153 Å². The minimum atomic E-state index is -2.82. The number of hydrogen-bond acceptors (Lipinski definition) is 4. The van der Waals surface area contributed by atoms with Crippen LogP contribution >= 0.6 is 0 Å². The van der Waals surface area contributed by atoms with E-state index in [4.69, 9.17) is 0 Å².